The van der Waals surface area contributed by atoms with Gasteiger partial charge in [-0.2, -0.15) is 0 Å². The highest BCUT2D eigenvalue weighted by molar-refractivity contribution is 6.46. The average molecular weight is 442 g/mol. The summed E-state index contributed by atoms with van der Waals surface area (Å²) in [7, 11) is 1.43. The maximum absolute atomic E-state index is 14.0. The summed E-state index contributed by atoms with van der Waals surface area (Å²) in [4.78, 5) is 29.4. The van der Waals surface area contributed by atoms with Gasteiger partial charge >= 0.3 is 0 Å². The molecular formula is C24H27FN2O5. The Hall–Kier alpha value is -3.39. The largest absolute Gasteiger partial charge is 0.507 e. The number of methoxy groups -OCH3 is 1. The van der Waals surface area contributed by atoms with Gasteiger partial charge in [0.15, 0.2) is 0 Å². The second-order valence-corrected chi connectivity index (χ2v) is 7.46. The van der Waals surface area contributed by atoms with Gasteiger partial charge in [0.25, 0.3) is 11.7 Å². The molecular weight excluding hydrogens is 415 g/mol. The normalized spacial score (nSPS) is 17.9. The quantitative estimate of drug-likeness (QED) is 0.370. The SMILES string of the molecule is CCN(CC)CCN1C(=O)C(=O)C(=C(O)c2ccc(OC)cc2O)[C@H]1c1cccc(F)c1. The predicted octanol–water partition coefficient (Wildman–Crippen LogP) is 3.30. The van der Waals surface area contributed by atoms with Gasteiger partial charge in [-0.05, 0) is 42.9 Å². The molecule has 2 aromatic carbocycles. The zero-order valence-electron chi connectivity index (χ0n) is 18.3. The van der Waals surface area contributed by atoms with Crippen molar-refractivity contribution in [3.8, 4) is 11.5 Å². The first-order chi connectivity index (χ1) is 15.3. The first-order valence-electron chi connectivity index (χ1n) is 10.5. The second kappa shape index (κ2) is 9.82. The number of carbonyl (C=O) groups is 2. The van der Waals surface area contributed by atoms with Crippen LogP contribution in [-0.2, 0) is 9.59 Å². The number of benzene rings is 2. The molecule has 0 spiro atoms. The van der Waals surface area contributed by atoms with Gasteiger partial charge in [-0.3, -0.25) is 9.59 Å². The number of phenolic OH excluding ortho intramolecular Hbond substituents is 1. The molecule has 1 heterocycles. The van der Waals surface area contributed by atoms with E-state index in [0.29, 0.717) is 17.9 Å². The summed E-state index contributed by atoms with van der Waals surface area (Å²) < 4.78 is 19.1. The van der Waals surface area contributed by atoms with Gasteiger partial charge in [-0.15, -0.1) is 0 Å². The van der Waals surface area contributed by atoms with E-state index in [-0.39, 0.29) is 23.4 Å². The van der Waals surface area contributed by atoms with Gasteiger partial charge in [0.2, 0.25) is 0 Å². The van der Waals surface area contributed by atoms with E-state index in [4.69, 9.17) is 4.74 Å². The Morgan fingerprint density at radius 2 is 1.88 bits per heavy atom. The van der Waals surface area contributed by atoms with Gasteiger partial charge in [0.05, 0.1) is 24.3 Å². The van der Waals surface area contributed by atoms with Crippen LogP contribution in [0.3, 0.4) is 0 Å². The lowest BCUT2D eigenvalue weighted by Crippen LogP contribution is -2.38. The average Bonchev–Trinajstić information content (AvgIpc) is 3.04. The fraction of sp³-hybridized carbons (Fsp3) is 0.333. The number of aliphatic hydroxyl groups excluding tert-OH is 1. The van der Waals surface area contributed by atoms with Crippen LogP contribution in [-0.4, -0.2) is 65.0 Å². The number of carbonyl (C=O) groups excluding carboxylic acids is 2. The number of halogens is 1. The lowest BCUT2D eigenvalue weighted by Gasteiger charge is -2.28. The molecule has 7 nitrogen and oxygen atoms in total. The zero-order valence-corrected chi connectivity index (χ0v) is 18.3. The van der Waals surface area contributed by atoms with Crippen LogP contribution in [0.1, 0.15) is 31.0 Å². The number of hydrogen-bond donors (Lipinski definition) is 2. The van der Waals surface area contributed by atoms with Crippen molar-refractivity contribution < 1.29 is 28.9 Å². The number of aliphatic hydroxyl groups is 1. The van der Waals surface area contributed by atoms with Gasteiger partial charge < -0.3 is 24.7 Å². The Balaban J connectivity index is 2.13. The van der Waals surface area contributed by atoms with Crippen molar-refractivity contribution in [1.82, 2.24) is 9.80 Å². The van der Waals surface area contributed by atoms with Gasteiger partial charge in [-0.25, -0.2) is 4.39 Å². The van der Waals surface area contributed by atoms with Crippen molar-refractivity contribution in [2.45, 2.75) is 19.9 Å². The zero-order chi connectivity index (χ0) is 23.4. The molecule has 2 N–H and O–H groups in total. The molecule has 8 heteroatoms. The summed E-state index contributed by atoms with van der Waals surface area (Å²) in [5.41, 5.74) is 0.146. The minimum absolute atomic E-state index is 0.0195. The summed E-state index contributed by atoms with van der Waals surface area (Å²) in [6.07, 6.45) is 0. The highest BCUT2D eigenvalue weighted by atomic mass is 19.1. The molecule has 0 aromatic heterocycles. The molecule has 0 unspecified atom stereocenters. The molecule has 1 fully saturated rings. The molecule has 0 bridgehead atoms. The minimum atomic E-state index is -0.984. The minimum Gasteiger partial charge on any atom is -0.507 e. The van der Waals surface area contributed by atoms with Crippen LogP contribution in [0.5, 0.6) is 11.5 Å². The number of amides is 1. The maximum Gasteiger partial charge on any atom is 0.295 e. The van der Waals surface area contributed by atoms with E-state index in [1.165, 1.54) is 48.4 Å². The fourth-order valence-corrected chi connectivity index (χ4v) is 3.91. The molecule has 1 atom stereocenters. The Morgan fingerprint density at radius 1 is 1.16 bits per heavy atom. The van der Waals surface area contributed by atoms with Crippen LogP contribution >= 0.6 is 0 Å². The van der Waals surface area contributed by atoms with Crippen molar-refractivity contribution in [3.05, 3.63) is 65.0 Å². The Kier molecular flexibility index (Phi) is 7.15. The third-order valence-corrected chi connectivity index (χ3v) is 5.72. The van der Waals surface area contributed by atoms with E-state index in [9.17, 15) is 24.2 Å². The van der Waals surface area contributed by atoms with E-state index in [0.717, 1.165) is 13.1 Å². The van der Waals surface area contributed by atoms with E-state index >= 15 is 0 Å². The van der Waals surface area contributed by atoms with Gasteiger partial charge in [0, 0.05) is 19.2 Å². The van der Waals surface area contributed by atoms with Crippen molar-refractivity contribution in [3.63, 3.8) is 0 Å². The fourth-order valence-electron chi connectivity index (χ4n) is 3.91. The molecule has 1 saturated heterocycles. The molecule has 1 amide bonds. The Bertz CT molecular complexity index is 1050. The highest BCUT2D eigenvalue weighted by Gasteiger charge is 2.46. The third kappa shape index (κ3) is 4.45. The van der Waals surface area contributed by atoms with Gasteiger partial charge in [0.1, 0.15) is 23.1 Å². The number of likely N-dealkylation sites (N-methyl/N-ethyl adjacent to an activating group) is 1. The maximum atomic E-state index is 14.0. The summed E-state index contributed by atoms with van der Waals surface area (Å²) in [6.45, 7) is 6.26. The summed E-state index contributed by atoms with van der Waals surface area (Å²) >= 11 is 0. The van der Waals surface area contributed by atoms with Crippen molar-refractivity contribution in [2.24, 2.45) is 0 Å². The van der Waals surface area contributed by atoms with Crippen LogP contribution < -0.4 is 4.74 Å². The van der Waals surface area contributed by atoms with Crippen molar-refractivity contribution >= 4 is 17.4 Å². The first-order valence-corrected chi connectivity index (χ1v) is 10.5. The molecule has 170 valence electrons. The number of rotatable bonds is 8. The Labute approximate surface area is 186 Å². The Morgan fingerprint density at radius 3 is 2.47 bits per heavy atom. The summed E-state index contributed by atoms with van der Waals surface area (Å²) in [5, 5.41) is 21.4. The predicted molar refractivity (Wildman–Crippen MR) is 118 cm³/mol. The number of likely N-dealkylation sites (tertiary alicyclic amines) is 1. The third-order valence-electron chi connectivity index (χ3n) is 5.72. The highest BCUT2D eigenvalue weighted by Crippen LogP contribution is 2.41. The lowest BCUT2D eigenvalue weighted by atomic mass is 9.95. The number of phenols is 1. The number of hydrogen-bond acceptors (Lipinski definition) is 6. The molecule has 3 rings (SSSR count). The number of nitrogens with zero attached hydrogens (tertiary/aromatic N) is 2. The summed E-state index contributed by atoms with van der Waals surface area (Å²) in [5.74, 6) is -2.66. The van der Waals surface area contributed by atoms with Gasteiger partial charge in [-0.1, -0.05) is 26.0 Å². The van der Waals surface area contributed by atoms with Crippen LogP contribution in [0.4, 0.5) is 4.39 Å². The van der Waals surface area contributed by atoms with Crippen LogP contribution in [0.25, 0.3) is 5.76 Å². The topological polar surface area (TPSA) is 90.3 Å². The number of aromatic hydroxyl groups is 1. The van der Waals surface area contributed by atoms with Crippen molar-refractivity contribution in [1.29, 1.82) is 0 Å². The second-order valence-electron chi connectivity index (χ2n) is 7.46. The molecule has 1 aliphatic rings. The van der Waals surface area contributed by atoms with Crippen LogP contribution in [0.2, 0.25) is 0 Å². The molecule has 0 saturated carbocycles. The first kappa shape index (κ1) is 23.3. The molecule has 1 aliphatic heterocycles. The van der Waals surface area contributed by atoms with Crippen LogP contribution in [0, 0.1) is 5.82 Å². The molecule has 2 aromatic rings. The van der Waals surface area contributed by atoms with E-state index in [2.05, 4.69) is 4.90 Å². The van der Waals surface area contributed by atoms with Crippen molar-refractivity contribution in [2.75, 3.05) is 33.3 Å². The van der Waals surface area contributed by atoms with Crippen LogP contribution in [0.15, 0.2) is 48.0 Å². The monoisotopic (exact) mass is 442 g/mol. The molecule has 32 heavy (non-hydrogen) atoms. The number of Topliss-reactive ketones (excluding diaryl/α,β-unsaturated/α-hetero) is 1. The number of ketones is 1. The van der Waals surface area contributed by atoms with E-state index < -0.39 is 29.3 Å². The molecule has 0 radical (unpaired) electrons. The van der Waals surface area contributed by atoms with E-state index in [1.54, 1.807) is 6.07 Å². The smallest absolute Gasteiger partial charge is 0.295 e. The lowest BCUT2D eigenvalue weighted by molar-refractivity contribution is -0.140. The molecule has 0 aliphatic carbocycles. The number of ether oxygens (including phenoxy) is 1. The summed E-state index contributed by atoms with van der Waals surface area (Å²) in [6, 6.07) is 8.82. The standard InChI is InChI=1S/C24H27FN2O5/c1-4-26(5-2)11-12-27-21(15-7-6-8-16(25)13-15)20(23(30)24(27)31)22(29)18-10-9-17(32-3)14-19(18)28/h6-10,13-14,21,28-29H,4-5,11-12H2,1-3H3/t21-/m1/s1. The van der Waals surface area contributed by atoms with E-state index in [1.807, 2.05) is 13.8 Å².